The van der Waals surface area contributed by atoms with E-state index < -0.39 is 17.0 Å². The van der Waals surface area contributed by atoms with Crippen molar-refractivity contribution in [3.05, 3.63) is 64.7 Å². The number of benzene rings is 2. The van der Waals surface area contributed by atoms with Crippen molar-refractivity contribution >= 4 is 39.7 Å². The number of hydrogen-bond acceptors (Lipinski definition) is 5. The van der Waals surface area contributed by atoms with E-state index in [9.17, 15) is 14.0 Å². The van der Waals surface area contributed by atoms with E-state index in [1.807, 2.05) is 24.3 Å². The zero-order valence-corrected chi connectivity index (χ0v) is 15.9. The summed E-state index contributed by atoms with van der Waals surface area (Å²) in [6, 6.07) is 13.0. The van der Waals surface area contributed by atoms with Gasteiger partial charge in [-0.1, -0.05) is 30.0 Å². The van der Waals surface area contributed by atoms with Crippen molar-refractivity contribution in [1.82, 2.24) is 14.5 Å². The lowest BCUT2D eigenvalue weighted by Crippen LogP contribution is -2.24. The van der Waals surface area contributed by atoms with Gasteiger partial charge in [-0.25, -0.2) is 9.37 Å². The quantitative estimate of drug-likeness (QED) is 0.323. The van der Waals surface area contributed by atoms with Crippen LogP contribution in [-0.4, -0.2) is 32.9 Å². The van der Waals surface area contributed by atoms with Crippen LogP contribution in [0, 0.1) is 5.82 Å². The molecule has 0 aliphatic carbocycles. The largest absolute Gasteiger partial charge is 0.468 e. The number of halogens is 1. The first-order valence-electron chi connectivity index (χ1n) is 8.53. The fourth-order valence-corrected chi connectivity index (χ4v) is 3.96. The van der Waals surface area contributed by atoms with Crippen LogP contribution in [0.25, 0.3) is 27.6 Å². The number of para-hydroxylation sites is 1. The maximum absolute atomic E-state index is 13.4. The summed E-state index contributed by atoms with van der Waals surface area (Å²) < 4.78 is 19.5. The second-order valence-electron chi connectivity index (χ2n) is 6.19. The number of nitrogens with one attached hydrogen (secondary N) is 1. The standard InChI is InChI=1S/C20H16FN3O3S/c1-11(19(26)27-2)28-20-23-16-14-5-3-4-6-15(14)22-17(16)18(25)24(20)13-9-7-12(21)8-10-13/h3-11,22H,1-2H3. The third kappa shape index (κ3) is 3.05. The Bertz CT molecular complexity index is 1250. The molecular weight excluding hydrogens is 381 g/mol. The summed E-state index contributed by atoms with van der Waals surface area (Å²) in [6.07, 6.45) is 0. The van der Waals surface area contributed by atoms with Crippen molar-refractivity contribution < 1.29 is 13.9 Å². The molecular formula is C20H16FN3O3S. The van der Waals surface area contributed by atoms with Crippen LogP contribution >= 0.6 is 11.8 Å². The molecule has 0 spiro atoms. The van der Waals surface area contributed by atoms with Crippen LogP contribution in [0.4, 0.5) is 4.39 Å². The molecule has 28 heavy (non-hydrogen) atoms. The summed E-state index contributed by atoms with van der Waals surface area (Å²) in [4.78, 5) is 33.0. The van der Waals surface area contributed by atoms with Crippen LogP contribution in [0.15, 0.2) is 58.5 Å². The van der Waals surface area contributed by atoms with E-state index in [-0.39, 0.29) is 5.56 Å². The van der Waals surface area contributed by atoms with Gasteiger partial charge in [0.2, 0.25) is 0 Å². The van der Waals surface area contributed by atoms with Crippen molar-refractivity contribution in [1.29, 1.82) is 0 Å². The number of esters is 1. The van der Waals surface area contributed by atoms with Gasteiger partial charge in [0.1, 0.15) is 22.1 Å². The molecule has 0 fully saturated rings. The molecule has 0 radical (unpaired) electrons. The summed E-state index contributed by atoms with van der Waals surface area (Å²) in [5, 5.41) is 0.562. The minimum absolute atomic E-state index is 0.326. The third-order valence-corrected chi connectivity index (χ3v) is 5.43. The van der Waals surface area contributed by atoms with Gasteiger partial charge in [0.15, 0.2) is 5.16 Å². The highest BCUT2D eigenvalue weighted by atomic mass is 32.2. The van der Waals surface area contributed by atoms with E-state index in [1.165, 1.54) is 35.9 Å². The number of rotatable bonds is 4. The zero-order chi connectivity index (χ0) is 19.8. The molecule has 0 saturated carbocycles. The Morgan fingerprint density at radius 2 is 1.93 bits per heavy atom. The number of H-pyrrole nitrogens is 1. The lowest BCUT2D eigenvalue weighted by atomic mass is 10.2. The normalized spacial score (nSPS) is 12.4. The van der Waals surface area contributed by atoms with Gasteiger partial charge < -0.3 is 9.72 Å². The SMILES string of the molecule is COC(=O)C(C)Sc1nc2c([nH]c3ccccc32)c(=O)n1-c1ccc(F)cc1. The first-order chi connectivity index (χ1) is 13.5. The molecule has 0 saturated heterocycles. The van der Waals surface area contributed by atoms with Crippen LogP contribution in [-0.2, 0) is 9.53 Å². The monoisotopic (exact) mass is 397 g/mol. The van der Waals surface area contributed by atoms with Crippen molar-refractivity contribution in [2.75, 3.05) is 7.11 Å². The Balaban J connectivity index is 2.01. The number of hydrogen-bond donors (Lipinski definition) is 1. The highest BCUT2D eigenvalue weighted by molar-refractivity contribution is 8.00. The minimum Gasteiger partial charge on any atom is -0.468 e. The molecule has 2 heterocycles. The molecule has 0 amide bonds. The number of carbonyl (C=O) groups is 1. The van der Waals surface area contributed by atoms with Gasteiger partial charge in [-0.15, -0.1) is 0 Å². The second-order valence-corrected chi connectivity index (χ2v) is 7.50. The van der Waals surface area contributed by atoms with Gasteiger partial charge >= 0.3 is 5.97 Å². The van der Waals surface area contributed by atoms with Gasteiger partial charge in [-0.2, -0.15) is 0 Å². The summed E-state index contributed by atoms with van der Waals surface area (Å²) in [7, 11) is 1.31. The number of carbonyl (C=O) groups excluding carboxylic acids is 1. The molecule has 0 bridgehead atoms. The Morgan fingerprint density at radius 1 is 1.21 bits per heavy atom. The van der Waals surface area contributed by atoms with E-state index in [4.69, 9.17) is 4.74 Å². The topological polar surface area (TPSA) is 77.0 Å². The molecule has 1 atom stereocenters. The molecule has 0 aliphatic rings. The smallest absolute Gasteiger partial charge is 0.318 e. The first-order valence-corrected chi connectivity index (χ1v) is 9.41. The van der Waals surface area contributed by atoms with Crippen molar-refractivity contribution in [3.63, 3.8) is 0 Å². The summed E-state index contributed by atoms with van der Waals surface area (Å²) in [6.45, 7) is 1.68. The summed E-state index contributed by atoms with van der Waals surface area (Å²) in [5.41, 5.74) is 1.79. The Morgan fingerprint density at radius 3 is 2.64 bits per heavy atom. The number of aromatic nitrogens is 3. The molecule has 1 N–H and O–H groups in total. The minimum atomic E-state index is -0.578. The van der Waals surface area contributed by atoms with Crippen molar-refractivity contribution in [2.45, 2.75) is 17.3 Å². The third-order valence-electron chi connectivity index (χ3n) is 4.39. The Hall–Kier alpha value is -3.13. The molecule has 2 aromatic carbocycles. The van der Waals surface area contributed by atoms with Gasteiger partial charge in [-0.3, -0.25) is 14.2 Å². The lowest BCUT2D eigenvalue weighted by molar-refractivity contribution is -0.139. The van der Waals surface area contributed by atoms with Crippen LogP contribution in [0.2, 0.25) is 0 Å². The summed E-state index contributed by atoms with van der Waals surface area (Å²) >= 11 is 1.11. The molecule has 142 valence electrons. The Kier molecular flexibility index (Phi) is 4.64. The maximum Gasteiger partial charge on any atom is 0.318 e. The highest BCUT2D eigenvalue weighted by Crippen LogP contribution is 2.28. The molecule has 4 rings (SSSR count). The fraction of sp³-hybridized carbons (Fsp3) is 0.150. The number of ether oxygens (including phenoxy) is 1. The van der Waals surface area contributed by atoms with Gasteiger partial charge in [0.05, 0.1) is 12.8 Å². The molecule has 8 heteroatoms. The zero-order valence-electron chi connectivity index (χ0n) is 15.1. The highest BCUT2D eigenvalue weighted by Gasteiger charge is 2.22. The van der Waals surface area contributed by atoms with E-state index in [0.717, 1.165) is 22.7 Å². The first kappa shape index (κ1) is 18.2. The molecule has 6 nitrogen and oxygen atoms in total. The molecule has 1 unspecified atom stereocenters. The maximum atomic E-state index is 13.4. The molecule has 0 aliphatic heterocycles. The number of methoxy groups -OCH3 is 1. The van der Waals surface area contributed by atoms with E-state index in [1.54, 1.807) is 6.92 Å². The number of thioether (sulfide) groups is 1. The lowest BCUT2D eigenvalue weighted by Gasteiger charge is -2.14. The number of nitrogens with zero attached hydrogens (tertiary/aromatic N) is 2. The van der Waals surface area contributed by atoms with Crippen LogP contribution in [0.3, 0.4) is 0 Å². The van der Waals surface area contributed by atoms with Gasteiger partial charge in [0, 0.05) is 10.9 Å². The van der Waals surface area contributed by atoms with Crippen LogP contribution in [0.1, 0.15) is 6.92 Å². The number of aromatic amines is 1. The predicted molar refractivity (Wildman–Crippen MR) is 106 cm³/mol. The van der Waals surface area contributed by atoms with Crippen molar-refractivity contribution in [3.8, 4) is 5.69 Å². The van der Waals surface area contributed by atoms with E-state index >= 15 is 0 Å². The average molecular weight is 397 g/mol. The predicted octanol–water partition coefficient (Wildman–Crippen LogP) is 3.66. The van der Waals surface area contributed by atoms with E-state index in [2.05, 4.69) is 9.97 Å². The van der Waals surface area contributed by atoms with Gasteiger partial charge in [-0.05, 0) is 37.3 Å². The van der Waals surface area contributed by atoms with E-state index in [0.29, 0.717) is 21.9 Å². The average Bonchev–Trinajstić information content (AvgIpc) is 3.08. The van der Waals surface area contributed by atoms with Crippen LogP contribution < -0.4 is 5.56 Å². The molecule has 4 aromatic rings. The second kappa shape index (κ2) is 7.12. The van der Waals surface area contributed by atoms with Gasteiger partial charge in [0.25, 0.3) is 5.56 Å². The van der Waals surface area contributed by atoms with Crippen LogP contribution in [0.5, 0.6) is 0 Å². The molecule has 2 aromatic heterocycles. The Labute approximate surface area is 163 Å². The van der Waals surface area contributed by atoms with Crippen molar-refractivity contribution in [2.24, 2.45) is 0 Å². The fourth-order valence-electron chi connectivity index (χ4n) is 3.01. The number of fused-ring (bicyclic) bond motifs is 3. The summed E-state index contributed by atoms with van der Waals surface area (Å²) in [5.74, 6) is -0.836.